The van der Waals surface area contributed by atoms with Crippen molar-refractivity contribution in [1.82, 2.24) is 0 Å². The molecule has 0 aromatic heterocycles. The predicted octanol–water partition coefficient (Wildman–Crippen LogP) is 0.961. The van der Waals surface area contributed by atoms with Crippen LogP contribution in [0.3, 0.4) is 0 Å². The van der Waals surface area contributed by atoms with Gasteiger partial charge in [0.2, 0.25) is 0 Å². The summed E-state index contributed by atoms with van der Waals surface area (Å²) in [5.41, 5.74) is 2.91. The second kappa shape index (κ2) is 11.9. The zero-order valence-electron chi connectivity index (χ0n) is 17.5. The van der Waals surface area contributed by atoms with E-state index in [9.17, 15) is 0 Å². The van der Waals surface area contributed by atoms with Gasteiger partial charge in [0.1, 0.15) is 0 Å². The largest absolute Gasteiger partial charge is 4.00 e. The number of allylic oxidation sites excluding steroid dienone is 8. The van der Waals surface area contributed by atoms with Crippen LogP contribution < -0.4 is 24.8 Å². The van der Waals surface area contributed by atoms with Gasteiger partial charge in [-0.05, 0) is 0 Å². The van der Waals surface area contributed by atoms with Crippen molar-refractivity contribution in [2.24, 2.45) is 0 Å². The molecule has 2 heterocycles. The van der Waals surface area contributed by atoms with Crippen LogP contribution in [0, 0.1) is 12.2 Å². The van der Waals surface area contributed by atoms with Gasteiger partial charge in [-0.15, -0.1) is 0 Å². The first kappa shape index (κ1) is 27.8. The molecule has 0 N–H and O–H groups in total. The minimum absolute atomic E-state index is 0. The van der Waals surface area contributed by atoms with Gasteiger partial charge < -0.3 is 24.8 Å². The molecule has 27 heavy (non-hydrogen) atoms. The Morgan fingerprint density at radius 2 is 1.07 bits per heavy atom. The van der Waals surface area contributed by atoms with Crippen LogP contribution in [0.4, 0.5) is 0 Å². The Balaban J connectivity index is 0.000000451. The van der Waals surface area contributed by atoms with Crippen molar-refractivity contribution in [1.29, 1.82) is 0 Å². The van der Waals surface area contributed by atoms with Crippen molar-refractivity contribution >= 4 is 16.1 Å². The Labute approximate surface area is 201 Å². The molecule has 0 amide bonds. The van der Waals surface area contributed by atoms with Crippen LogP contribution >= 0.6 is 0 Å². The quantitative estimate of drug-likeness (QED) is 0.332. The standard InChI is InChI=1S/2C11H17Si.2ClH.Hf/c2*1-3-12(7-4-8-12)11-6-5-10(2)9-11;;;/h2*6H,3-5,7-8H2,1-2H3;2*1H;/q2*-1;;;+4/p-2. The van der Waals surface area contributed by atoms with E-state index < -0.39 is 16.1 Å². The molecule has 0 bridgehead atoms. The first-order valence-corrected chi connectivity index (χ1v) is 15.4. The van der Waals surface area contributed by atoms with Crippen LogP contribution in [0.5, 0.6) is 0 Å². The summed E-state index contributed by atoms with van der Waals surface area (Å²) in [7, 11) is -1.79. The maximum absolute atomic E-state index is 3.59. The Bertz CT molecular complexity index is 547. The molecular formula is C22H34Cl2HfSi2. The zero-order chi connectivity index (χ0) is 17.2. The van der Waals surface area contributed by atoms with Gasteiger partial charge >= 0.3 is 25.8 Å². The fraction of sp³-hybridized carbons (Fsp3) is 0.636. The van der Waals surface area contributed by atoms with Gasteiger partial charge in [-0.25, -0.2) is 22.5 Å². The van der Waals surface area contributed by atoms with Gasteiger partial charge in [-0.2, -0.15) is 11.1 Å². The normalized spacial score (nSPS) is 23.3. The first-order valence-electron chi connectivity index (χ1n) is 10.1. The molecule has 2 aliphatic heterocycles. The molecule has 5 heteroatoms. The average Bonchev–Trinajstić information content (AvgIpc) is 3.09. The van der Waals surface area contributed by atoms with Gasteiger partial charge in [0, 0.05) is 16.1 Å². The second-order valence-corrected chi connectivity index (χ2v) is 18.0. The summed E-state index contributed by atoms with van der Waals surface area (Å²) in [5, 5.41) is 3.32. The second-order valence-electron chi connectivity index (χ2n) is 8.43. The first-order chi connectivity index (χ1) is 11.5. The van der Waals surface area contributed by atoms with E-state index >= 15 is 0 Å². The number of halogens is 2. The average molecular weight is 604 g/mol. The van der Waals surface area contributed by atoms with Crippen LogP contribution in [-0.2, 0) is 25.8 Å². The molecule has 0 nitrogen and oxygen atoms in total. The smallest absolute Gasteiger partial charge is 1.00 e. The van der Waals surface area contributed by atoms with Crippen molar-refractivity contribution < 1.29 is 50.7 Å². The van der Waals surface area contributed by atoms with E-state index in [1.807, 2.05) is 0 Å². The van der Waals surface area contributed by atoms with E-state index in [1.165, 1.54) is 73.1 Å². The molecule has 0 unspecified atom stereocenters. The summed E-state index contributed by atoms with van der Waals surface area (Å²) >= 11 is 0. The van der Waals surface area contributed by atoms with E-state index in [1.54, 1.807) is 10.4 Å². The minimum atomic E-state index is -0.896. The van der Waals surface area contributed by atoms with Crippen LogP contribution in [0.2, 0.25) is 36.3 Å². The monoisotopic (exact) mass is 604 g/mol. The molecule has 0 atom stereocenters. The van der Waals surface area contributed by atoms with Gasteiger partial charge in [-0.3, -0.25) is 12.2 Å². The Kier molecular flexibility index (Phi) is 12.3. The minimum Gasteiger partial charge on any atom is -1.00 e. The fourth-order valence-electron chi connectivity index (χ4n) is 4.71. The summed E-state index contributed by atoms with van der Waals surface area (Å²) in [6.45, 7) is 9.17. The summed E-state index contributed by atoms with van der Waals surface area (Å²) < 4.78 is 0. The van der Waals surface area contributed by atoms with Crippen molar-refractivity contribution in [2.75, 3.05) is 0 Å². The maximum Gasteiger partial charge on any atom is 4.00 e. The Morgan fingerprint density at radius 3 is 1.22 bits per heavy atom. The van der Waals surface area contributed by atoms with Crippen LogP contribution in [-0.4, -0.2) is 16.1 Å². The third kappa shape index (κ3) is 5.93. The molecule has 2 fully saturated rings. The SMILES string of the molecule is CC[Si]1(C2=CCC(C)=[C-]2)CCC1.CC[Si]1(C2=CCC(C)=[C-]2)CCC1.[Cl-].[Cl-].[Hf+4]. The zero-order valence-corrected chi connectivity index (χ0v) is 24.6. The third-order valence-electron chi connectivity index (χ3n) is 7.04. The van der Waals surface area contributed by atoms with E-state index in [-0.39, 0.29) is 50.7 Å². The molecular weight excluding hydrogens is 570 g/mol. The molecule has 0 aromatic rings. The van der Waals surface area contributed by atoms with E-state index in [0.717, 1.165) is 0 Å². The van der Waals surface area contributed by atoms with Gasteiger partial charge in [-0.1, -0.05) is 89.6 Å². The summed E-state index contributed by atoms with van der Waals surface area (Å²) in [6.07, 6.45) is 17.4. The molecule has 0 saturated carbocycles. The van der Waals surface area contributed by atoms with Crippen molar-refractivity contribution in [3.8, 4) is 0 Å². The predicted molar refractivity (Wildman–Crippen MR) is 111 cm³/mol. The van der Waals surface area contributed by atoms with Crippen LogP contribution in [0.15, 0.2) is 33.7 Å². The van der Waals surface area contributed by atoms with E-state index in [4.69, 9.17) is 0 Å². The Morgan fingerprint density at radius 1 is 0.741 bits per heavy atom. The fourth-order valence-corrected chi connectivity index (χ4v) is 12.4. The van der Waals surface area contributed by atoms with Gasteiger partial charge in [0.15, 0.2) is 0 Å². The molecule has 0 aromatic carbocycles. The van der Waals surface area contributed by atoms with Crippen LogP contribution in [0.1, 0.15) is 53.4 Å². The van der Waals surface area contributed by atoms with Crippen molar-refractivity contribution in [3.63, 3.8) is 0 Å². The number of hydrogen-bond donors (Lipinski definition) is 0. The van der Waals surface area contributed by atoms with Crippen molar-refractivity contribution in [3.05, 3.63) is 45.8 Å². The van der Waals surface area contributed by atoms with Gasteiger partial charge in [0.05, 0.1) is 0 Å². The molecule has 4 aliphatic rings. The maximum atomic E-state index is 3.59. The van der Waals surface area contributed by atoms with Gasteiger partial charge in [0.25, 0.3) is 0 Å². The Hall–Kier alpha value is 0.844. The summed E-state index contributed by atoms with van der Waals surface area (Å²) in [5.74, 6) is 0. The number of hydrogen-bond acceptors (Lipinski definition) is 0. The van der Waals surface area contributed by atoms with E-state index in [0.29, 0.717) is 0 Å². The van der Waals surface area contributed by atoms with E-state index in [2.05, 4.69) is 52.0 Å². The number of rotatable bonds is 4. The molecule has 4 rings (SSSR count). The molecule has 0 radical (unpaired) electrons. The third-order valence-corrected chi connectivity index (χ3v) is 17.9. The molecule has 2 aliphatic carbocycles. The molecule has 2 saturated heterocycles. The summed E-state index contributed by atoms with van der Waals surface area (Å²) in [4.78, 5) is 0. The van der Waals surface area contributed by atoms with Crippen molar-refractivity contribution in [2.45, 2.75) is 89.6 Å². The topological polar surface area (TPSA) is 0 Å². The van der Waals surface area contributed by atoms with Crippen LogP contribution in [0.25, 0.3) is 0 Å². The summed E-state index contributed by atoms with van der Waals surface area (Å²) in [6, 6.07) is 9.04. The molecule has 148 valence electrons. The molecule has 0 spiro atoms.